The van der Waals surface area contributed by atoms with E-state index in [1.807, 2.05) is 6.07 Å². The molecule has 0 spiro atoms. The van der Waals surface area contributed by atoms with Gasteiger partial charge < -0.3 is 5.32 Å². The van der Waals surface area contributed by atoms with Crippen LogP contribution < -0.4 is 10.0 Å². The van der Waals surface area contributed by atoms with Crippen LogP contribution in [0, 0.1) is 0 Å². The number of hydrogen-bond donors (Lipinski definition) is 2. The normalized spacial score (nSPS) is 11.3. The van der Waals surface area contributed by atoms with Gasteiger partial charge in [0.05, 0.1) is 4.90 Å². The van der Waals surface area contributed by atoms with Crippen LogP contribution in [-0.2, 0) is 16.6 Å². The molecule has 2 aromatic carbocycles. The monoisotopic (exact) mass is 310 g/mol. The maximum absolute atomic E-state index is 12.3. The molecule has 0 saturated heterocycles. The molecule has 6 heteroatoms. The third kappa shape index (κ3) is 3.50. The van der Waals surface area contributed by atoms with Gasteiger partial charge in [-0.3, -0.25) is 4.72 Å². The van der Waals surface area contributed by atoms with Crippen molar-refractivity contribution in [2.75, 3.05) is 11.8 Å². The summed E-state index contributed by atoms with van der Waals surface area (Å²) in [6, 6.07) is 13.4. The Balaban J connectivity index is 2.32. The molecule has 0 fully saturated rings. The molecule has 0 heterocycles. The maximum atomic E-state index is 12.3. The first kappa shape index (κ1) is 14.8. The predicted molar refractivity (Wildman–Crippen MR) is 81.5 cm³/mol. The Labute approximate surface area is 123 Å². The van der Waals surface area contributed by atoms with E-state index in [0.29, 0.717) is 17.3 Å². The van der Waals surface area contributed by atoms with Crippen LogP contribution in [-0.4, -0.2) is 15.5 Å². The Hall–Kier alpha value is -1.56. The number of rotatable bonds is 5. The molecule has 0 atom stereocenters. The highest BCUT2D eigenvalue weighted by molar-refractivity contribution is 7.92. The SMILES string of the molecule is CNCc1cc(S(=O)(=O)Nc2ccccc2)ccc1Cl. The van der Waals surface area contributed by atoms with Crippen molar-refractivity contribution in [1.82, 2.24) is 5.32 Å². The minimum Gasteiger partial charge on any atom is -0.316 e. The molecule has 0 radical (unpaired) electrons. The van der Waals surface area contributed by atoms with E-state index in [9.17, 15) is 8.42 Å². The highest BCUT2D eigenvalue weighted by Gasteiger charge is 2.15. The fourth-order valence-electron chi connectivity index (χ4n) is 1.76. The Morgan fingerprint density at radius 2 is 1.80 bits per heavy atom. The van der Waals surface area contributed by atoms with E-state index in [2.05, 4.69) is 10.0 Å². The van der Waals surface area contributed by atoms with Crippen LogP contribution in [0.2, 0.25) is 5.02 Å². The van der Waals surface area contributed by atoms with Crippen LogP contribution in [0.5, 0.6) is 0 Å². The molecular formula is C14H15ClN2O2S. The van der Waals surface area contributed by atoms with Gasteiger partial charge in [0.1, 0.15) is 0 Å². The molecule has 2 aromatic rings. The lowest BCUT2D eigenvalue weighted by Gasteiger charge is -2.10. The van der Waals surface area contributed by atoms with Crippen molar-refractivity contribution in [2.24, 2.45) is 0 Å². The van der Waals surface area contributed by atoms with E-state index >= 15 is 0 Å². The molecule has 0 aliphatic heterocycles. The lowest BCUT2D eigenvalue weighted by atomic mass is 10.2. The second-order valence-corrected chi connectivity index (χ2v) is 6.34. The zero-order valence-electron chi connectivity index (χ0n) is 10.9. The second kappa shape index (κ2) is 6.26. The number of anilines is 1. The first-order valence-electron chi connectivity index (χ1n) is 6.04. The molecule has 2 rings (SSSR count). The zero-order chi connectivity index (χ0) is 14.6. The topological polar surface area (TPSA) is 58.2 Å². The highest BCUT2D eigenvalue weighted by Crippen LogP contribution is 2.22. The van der Waals surface area contributed by atoms with Crippen molar-refractivity contribution >= 4 is 27.3 Å². The molecule has 2 N–H and O–H groups in total. The standard InChI is InChI=1S/C14H15ClN2O2S/c1-16-10-11-9-13(7-8-14(11)15)20(18,19)17-12-5-3-2-4-6-12/h2-9,16-17H,10H2,1H3. The summed E-state index contributed by atoms with van der Waals surface area (Å²) in [6.45, 7) is 0.507. The summed E-state index contributed by atoms with van der Waals surface area (Å²) in [5.41, 5.74) is 1.27. The molecular weight excluding hydrogens is 296 g/mol. The van der Waals surface area contributed by atoms with Gasteiger partial charge >= 0.3 is 0 Å². The molecule has 4 nitrogen and oxygen atoms in total. The van der Waals surface area contributed by atoms with Crippen LogP contribution >= 0.6 is 11.6 Å². The quantitative estimate of drug-likeness (QED) is 0.893. The summed E-state index contributed by atoms with van der Waals surface area (Å²) in [6.07, 6.45) is 0. The number of benzene rings is 2. The average molecular weight is 311 g/mol. The largest absolute Gasteiger partial charge is 0.316 e. The number of para-hydroxylation sites is 1. The van der Waals surface area contributed by atoms with Gasteiger partial charge in [-0.15, -0.1) is 0 Å². The fraction of sp³-hybridized carbons (Fsp3) is 0.143. The summed E-state index contributed by atoms with van der Waals surface area (Å²) in [5.74, 6) is 0. The molecule has 0 unspecified atom stereocenters. The van der Waals surface area contributed by atoms with E-state index in [0.717, 1.165) is 5.56 Å². The first-order valence-corrected chi connectivity index (χ1v) is 7.90. The van der Waals surface area contributed by atoms with Crippen LogP contribution in [0.15, 0.2) is 53.4 Å². The van der Waals surface area contributed by atoms with Crippen LogP contribution in [0.4, 0.5) is 5.69 Å². The third-order valence-corrected chi connectivity index (χ3v) is 4.47. The molecule has 0 aliphatic rings. The van der Waals surface area contributed by atoms with E-state index in [1.165, 1.54) is 6.07 Å². The van der Waals surface area contributed by atoms with E-state index < -0.39 is 10.0 Å². The van der Waals surface area contributed by atoms with Gasteiger partial charge in [-0.25, -0.2) is 8.42 Å². The molecule has 20 heavy (non-hydrogen) atoms. The molecule has 0 aromatic heterocycles. The van der Waals surface area contributed by atoms with Crippen molar-refractivity contribution in [3.05, 3.63) is 59.1 Å². The van der Waals surface area contributed by atoms with Gasteiger partial charge in [-0.05, 0) is 42.9 Å². The Bertz CT molecular complexity index is 688. The molecule has 0 bridgehead atoms. The van der Waals surface area contributed by atoms with Crippen molar-refractivity contribution < 1.29 is 8.42 Å². The number of hydrogen-bond acceptors (Lipinski definition) is 3. The Kier molecular flexibility index (Phi) is 4.65. The minimum absolute atomic E-state index is 0.191. The van der Waals surface area contributed by atoms with Gasteiger partial charge in [0, 0.05) is 17.3 Å². The molecule has 0 amide bonds. The van der Waals surface area contributed by atoms with Gasteiger partial charge in [0.15, 0.2) is 0 Å². The smallest absolute Gasteiger partial charge is 0.261 e. The second-order valence-electron chi connectivity index (χ2n) is 4.26. The van der Waals surface area contributed by atoms with Crippen LogP contribution in [0.1, 0.15) is 5.56 Å². The van der Waals surface area contributed by atoms with E-state index in [4.69, 9.17) is 11.6 Å². The third-order valence-electron chi connectivity index (χ3n) is 2.72. The Morgan fingerprint density at radius 3 is 2.45 bits per heavy atom. The average Bonchev–Trinajstić information content (AvgIpc) is 2.42. The minimum atomic E-state index is -3.61. The van der Waals surface area contributed by atoms with E-state index in [-0.39, 0.29) is 4.90 Å². The van der Waals surface area contributed by atoms with Crippen molar-refractivity contribution in [3.8, 4) is 0 Å². The fourth-order valence-corrected chi connectivity index (χ4v) is 3.06. The lowest BCUT2D eigenvalue weighted by Crippen LogP contribution is -2.14. The summed E-state index contributed by atoms with van der Waals surface area (Å²) >= 11 is 6.03. The number of nitrogens with one attached hydrogen (secondary N) is 2. The molecule has 0 aliphatic carbocycles. The summed E-state index contributed by atoms with van der Waals surface area (Å²) in [5, 5.41) is 3.49. The van der Waals surface area contributed by atoms with E-state index in [1.54, 1.807) is 43.4 Å². The summed E-state index contributed by atoms with van der Waals surface area (Å²) in [4.78, 5) is 0.191. The first-order chi connectivity index (χ1) is 9.53. The highest BCUT2D eigenvalue weighted by atomic mass is 35.5. The van der Waals surface area contributed by atoms with Gasteiger partial charge in [-0.2, -0.15) is 0 Å². The summed E-state index contributed by atoms with van der Waals surface area (Å²) < 4.78 is 27.1. The molecule has 106 valence electrons. The zero-order valence-corrected chi connectivity index (χ0v) is 12.5. The Morgan fingerprint density at radius 1 is 1.10 bits per heavy atom. The van der Waals surface area contributed by atoms with Crippen molar-refractivity contribution in [3.63, 3.8) is 0 Å². The van der Waals surface area contributed by atoms with Gasteiger partial charge in [-0.1, -0.05) is 29.8 Å². The van der Waals surface area contributed by atoms with Crippen molar-refractivity contribution in [1.29, 1.82) is 0 Å². The van der Waals surface area contributed by atoms with Gasteiger partial charge in [0.2, 0.25) is 0 Å². The van der Waals surface area contributed by atoms with Crippen LogP contribution in [0.25, 0.3) is 0 Å². The number of sulfonamides is 1. The number of halogens is 1. The molecule has 0 saturated carbocycles. The van der Waals surface area contributed by atoms with Crippen molar-refractivity contribution in [2.45, 2.75) is 11.4 Å². The predicted octanol–water partition coefficient (Wildman–Crippen LogP) is 2.86. The van der Waals surface area contributed by atoms with Crippen LogP contribution in [0.3, 0.4) is 0 Å². The van der Waals surface area contributed by atoms with Gasteiger partial charge in [0.25, 0.3) is 10.0 Å². The maximum Gasteiger partial charge on any atom is 0.261 e. The lowest BCUT2D eigenvalue weighted by molar-refractivity contribution is 0.601. The summed E-state index contributed by atoms with van der Waals surface area (Å²) in [7, 11) is -1.83.